The summed E-state index contributed by atoms with van der Waals surface area (Å²) in [6, 6.07) is 86.0. The molecule has 4 nitrogen and oxygen atoms in total. The summed E-state index contributed by atoms with van der Waals surface area (Å²) in [5.74, 6) is 0. The molecule has 0 saturated heterocycles. The summed E-state index contributed by atoms with van der Waals surface area (Å²) >= 11 is 0. The Kier molecular flexibility index (Phi) is 8.81. The van der Waals surface area contributed by atoms with Gasteiger partial charge in [0.05, 0.1) is 5.56 Å². The van der Waals surface area contributed by atoms with Crippen LogP contribution >= 0.6 is 0 Å². The van der Waals surface area contributed by atoms with Gasteiger partial charge in [-0.2, -0.15) is 0 Å². The average molecular weight is 845 g/mol. The van der Waals surface area contributed by atoms with Crippen molar-refractivity contribution < 1.29 is 8.83 Å². The molecule has 0 bridgehead atoms. The standard InChI is InChI=1S/C62H40N2O2/c1-7-19-41(20-8-1)57-59-53-37-43-31-33-51(63(47-23-11-3-12-24-47)48-25-13-4-14-26-48)35-45(43)39-55(53)65-61(59)58(42-21-9-2-10-22-42)62-60(57)54-38-44-32-34-52(36-46(44)40-56(54)66-62)64(49-27-15-5-16-28-49)50-29-17-6-18-30-50/h1-40H. The van der Waals surface area contributed by atoms with Crippen LogP contribution in [0.1, 0.15) is 0 Å². The van der Waals surface area contributed by atoms with E-state index in [-0.39, 0.29) is 0 Å². The highest BCUT2D eigenvalue weighted by molar-refractivity contribution is 6.31. The van der Waals surface area contributed by atoms with Crippen molar-refractivity contribution in [2.24, 2.45) is 0 Å². The van der Waals surface area contributed by atoms with E-state index in [0.717, 1.165) is 122 Å². The molecule has 66 heavy (non-hydrogen) atoms. The zero-order valence-corrected chi connectivity index (χ0v) is 35.8. The lowest BCUT2D eigenvalue weighted by Crippen LogP contribution is -2.09. The lowest BCUT2D eigenvalue weighted by Gasteiger charge is -2.25. The summed E-state index contributed by atoms with van der Waals surface area (Å²) in [5.41, 5.74) is 14.0. The van der Waals surface area contributed by atoms with Gasteiger partial charge in [-0.15, -0.1) is 0 Å². The van der Waals surface area contributed by atoms with Crippen molar-refractivity contribution >= 4 is 99.5 Å². The molecule has 0 fully saturated rings. The maximum Gasteiger partial charge on any atom is 0.147 e. The number of benzene rings is 11. The van der Waals surface area contributed by atoms with E-state index in [1.54, 1.807) is 0 Å². The van der Waals surface area contributed by atoms with Crippen LogP contribution in [0.15, 0.2) is 251 Å². The molecule has 0 aliphatic carbocycles. The van der Waals surface area contributed by atoms with Gasteiger partial charge < -0.3 is 18.6 Å². The van der Waals surface area contributed by atoms with Crippen LogP contribution in [0.4, 0.5) is 34.1 Å². The van der Waals surface area contributed by atoms with E-state index < -0.39 is 0 Å². The fraction of sp³-hybridized carbons (Fsp3) is 0. The fourth-order valence-corrected chi connectivity index (χ4v) is 9.97. The first-order chi connectivity index (χ1) is 32.7. The molecule has 0 atom stereocenters. The monoisotopic (exact) mass is 844 g/mol. The third-order valence-electron chi connectivity index (χ3n) is 12.9. The molecular weight excluding hydrogens is 805 g/mol. The molecule has 0 aliphatic rings. The molecule has 310 valence electrons. The van der Waals surface area contributed by atoms with Gasteiger partial charge in [-0.1, -0.05) is 146 Å². The van der Waals surface area contributed by atoms with Crippen LogP contribution in [0.25, 0.3) is 87.7 Å². The summed E-state index contributed by atoms with van der Waals surface area (Å²) < 4.78 is 14.4. The van der Waals surface area contributed by atoms with Gasteiger partial charge in [-0.3, -0.25) is 0 Å². The second-order valence-corrected chi connectivity index (χ2v) is 16.9. The molecule has 0 spiro atoms. The van der Waals surface area contributed by atoms with Gasteiger partial charge in [0.25, 0.3) is 0 Å². The van der Waals surface area contributed by atoms with Gasteiger partial charge in [0.1, 0.15) is 22.3 Å². The highest BCUT2D eigenvalue weighted by Gasteiger charge is 2.27. The number of hydrogen-bond acceptors (Lipinski definition) is 4. The number of rotatable bonds is 8. The molecule has 13 aromatic rings. The Hall–Kier alpha value is -8.86. The minimum Gasteiger partial charge on any atom is -0.455 e. The second-order valence-electron chi connectivity index (χ2n) is 16.9. The molecular formula is C62H40N2O2. The summed E-state index contributed by atoms with van der Waals surface area (Å²) in [6.07, 6.45) is 0. The van der Waals surface area contributed by atoms with E-state index in [9.17, 15) is 0 Å². The highest BCUT2D eigenvalue weighted by atomic mass is 16.3. The quantitative estimate of drug-likeness (QED) is 0.153. The van der Waals surface area contributed by atoms with Gasteiger partial charge >= 0.3 is 0 Å². The van der Waals surface area contributed by atoms with E-state index in [2.05, 4.69) is 252 Å². The Morgan fingerprint density at radius 3 is 0.955 bits per heavy atom. The summed E-state index contributed by atoms with van der Waals surface area (Å²) in [6.45, 7) is 0. The van der Waals surface area contributed by atoms with Crippen molar-refractivity contribution in [1.29, 1.82) is 0 Å². The predicted molar refractivity (Wildman–Crippen MR) is 276 cm³/mol. The van der Waals surface area contributed by atoms with E-state index >= 15 is 0 Å². The number of anilines is 6. The Morgan fingerprint density at radius 1 is 0.258 bits per heavy atom. The van der Waals surface area contributed by atoms with Crippen molar-refractivity contribution in [3.8, 4) is 22.3 Å². The van der Waals surface area contributed by atoms with Crippen molar-refractivity contribution in [1.82, 2.24) is 0 Å². The van der Waals surface area contributed by atoms with Crippen LogP contribution in [0.2, 0.25) is 0 Å². The number of hydrogen-bond donors (Lipinski definition) is 0. The molecule has 0 saturated carbocycles. The minimum atomic E-state index is 0.806. The largest absolute Gasteiger partial charge is 0.455 e. The zero-order valence-electron chi connectivity index (χ0n) is 35.8. The predicted octanol–water partition coefficient (Wildman–Crippen LogP) is 18.1. The Morgan fingerprint density at radius 2 is 0.591 bits per heavy atom. The summed E-state index contributed by atoms with van der Waals surface area (Å²) in [7, 11) is 0. The molecule has 11 aromatic carbocycles. The molecule has 2 aromatic heterocycles. The number of fused-ring (bicyclic) bond motifs is 8. The molecule has 13 rings (SSSR count). The normalized spacial score (nSPS) is 11.6. The van der Waals surface area contributed by atoms with Crippen LogP contribution in [0.5, 0.6) is 0 Å². The Labute approximate surface area is 381 Å². The van der Waals surface area contributed by atoms with E-state index in [1.165, 1.54) is 0 Å². The first-order valence-electron chi connectivity index (χ1n) is 22.4. The van der Waals surface area contributed by atoms with E-state index in [1.807, 2.05) is 0 Å². The highest BCUT2D eigenvalue weighted by Crippen LogP contribution is 2.52. The third kappa shape index (κ3) is 6.22. The zero-order chi connectivity index (χ0) is 43.6. The van der Waals surface area contributed by atoms with Crippen molar-refractivity contribution in [2.75, 3.05) is 9.80 Å². The maximum absolute atomic E-state index is 7.21. The van der Waals surface area contributed by atoms with Crippen LogP contribution in [-0.2, 0) is 0 Å². The first kappa shape index (κ1) is 37.7. The van der Waals surface area contributed by atoms with Crippen molar-refractivity contribution in [3.63, 3.8) is 0 Å². The lowest BCUT2D eigenvalue weighted by molar-refractivity contribution is 0.658. The van der Waals surface area contributed by atoms with Gasteiger partial charge in [-0.25, -0.2) is 0 Å². The molecule has 0 N–H and O–H groups in total. The number of nitrogens with zero attached hydrogens (tertiary/aromatic N) is 2. The van der Waals surface area contributed by atoms with Crippen molar-refractivity contribution in [3.05, 3.63) is 243 Å². The second kappa shape index (κ2) is 15.4. The SMILES string of the molecule is c1ccc(-c2c3oc4cc5cc(N(c6ccccc6)c6ccccc6)ccc5cc4c3c(-c3ccccc3)c3c2oc2cc4cc(N(c5ccccc5)c5ccccc5)ccc4cc23)cc1. The topological polar surface area (TPSA) is 32.8 Å². The minimum absolute atomic E-state index is 0.806. The maximum atomic E-state index is 7.21. The van der Waals surface area contributed by atoms with Crippen LogP contribution in [-0.4, -0.2) is 0 Å². The molecule has 0 unspecified atom stereocenters. The van der Waals surface area contributed by atoms with E-state index in [4.69, 9.17) is 8.83 Å². The Balaban J connectivity index is 1.07. The van der Waals surface area contributed by atoms with Crippen LogP contribution < -0.4 is 9.80 Å². The number of furan rings is 2. The molecule has 0 aliphatic heterocycles. The lowest BCUT2D eigenvalue weighted by atomic mass is 9.89. The fourth-order valence-electron chi connectivity index (χ4n) is 9.97. The summed E-state index contributed by atoms with van der Waals surface area (Å²) in [4.78, 5) is 4.60. The van der Waals surface area contributed by atoms with Gasteiger partial charge in [-0.05, 0) is 130 Å². The van der Waals surface area contributed by atoms with Crippen LogP contribution in [0, 0.1) is 0 Å². The average Bonchev–Trinajstić information content (AvgIpc) is 3.93. The van der Waals surface area contributed by atoms with E-state index in [0.29, 0.717) is 0 Å². The van der Waals surface area contributed by atoms with Crippen LogP contribution in [0.3, 0.4) is 0 Å². The van der Waals surface area contributed by atoms with Crippen molar-refractivity contribution in [2.45, 2.75) is 0 Å². The Bertz CT molecular complexity index is 3610. The molecule has 0 radical (unpaired) electrons. The smallest absolute Gasteiger partial charge is 0.147 e. The number of para-hydroxylation sites is 4. The molecule has 2 heterocycles. The molecule has 4 heteroatoms. The molecule has 0 amide bonds. The summed E-state index contributed by atoms with van der Waals surface area (Å²) in [5, 5.41) is 8.73. The van der Waals surface area contributed by atoms with Gasteiger partial charge in [0.2, 0.25) is 0 Å². The van der Waals surface area contributed by atoms with Gasteiger partial charge in [0, 0.05) is 61.2 Å². The van der Waals surface area contributed by atoms with Gasteiger partial charge in [0.15, 0.2) is 0 Å². The first-order valence-corrected chi connectivity index (χ1v) is 22.4. The third-order valence-corrected chi connectivity index (χ3v) is 12.9.